The molecule has 0 aliphatic heterocycles. The largest absolute Gasteiger partial charge is 0.477 e. The molecule has 1 amide bonds. The van der Waals surface area contributed by atoms with E-state index in [1.165, 1.54) is 18.2 Å². The second-order valence-corrected chi connectivity index (χ2v) is 4.51. The van der Waals surface area contributed by atoms with Crippen LogP contribution in [0.2, 0.25) is 0 Å². The molecule has 0 aliphatic carbocycles. The number of benzene rings is 2. The van der Waals surface area contributed by atoms with E-state index in [-0.39, 0.29) is 17.5 Å². The summed E-state index contributed by atoms with van der Waals surface area (Å²) in [6, 6.07) is 5.11. The van der Waals surface area contributed by atoms with Crippen molar-refractivity contribution < 1.29 is 40.6 Å². The Kier molecular flexibility index (Phi) is 5.73. The molecular weight excluding hydrogens is 356 g/mol. The summed E-state index contributed by atoms with van der Waals surface area (Å²) in [5.74, 6) is -9.84. The van der Waals surface area contributed by atoms with Gasteiger partial charge in [-0.25, -0.2) is 8.78 Å². The number of hydrogen-bond acceptors (Lipinski definition) is 3. The van der Waals surface area contributed by atoms with Crippen molar-refractivity contribution in [1.82, 2.24) is 0 Å². The molecule has 2 aromatic rings. The quantitative estimate of drug-likeness (QED) is 0.625. The summed E-state index contributed by atoms with van der Waals surface area (Å²) in [5.41, 5.74) is -0.164. The zero-order valence-electron chi connectivity index (χ0n) is 12.2. The minimum Gasteiger partial charge on any atom is -0.477 e. The molecule has 0 aromatic heterocycles. The predicted octanol–water partition coefficient (Wildman–Crippen LogP) is 3.86. The molecule has 0 bridgehead atoms. The van der Waals surface area contributed by atoms with Gasteiger partial charge in [-0.1, -0.05) is 12.1 Å². The van der Waals surface area contributed by atoms with Crippen LogP contribution in [0.1, 0.15) is 0 Å². The highest BCUT2D eigenvalue weighted by Crippen LogP contribution is 2.27. The lowest BCUT2D eigenvalue weighted by Crippen LogP contribution is -2.22. The second kappa shape index (κ2) is 7.77. The number of rotatable bonds is 6. The maximum Gasteiger partial charge on any atom is 0.387 e. The molecule has 0 spiro atoms. The average molecular weight is 365 g/mol. The van der Waals surface area contributed by atoms with Crippen molar-refractivity contribution in [3.8, 4) is 11.5 Å². The Hall–Kier alpha value is -2.91. The van der Waals surface area contributed by atoms with Gasteiger partial charge in [0.25, 0.3) is 5.91 Å². The third-order valence-electron chi connectivity index (χ3n) is 2.80. The molecule has 0 heterocycles. The van der Waals surface area contributed by atoms with E-state index in [9.17, 15) is 31.1 Å². The summed E-state index contributed by atoms with van der Waals surface area (Å²) in [5, 5.41) is 2.10. The van der Waals surface area contributed by atoms with E-state index >= 15 is 0 Å². The zero-order chi connectivity index (χ0) is 18.6. The number of alkyl halides is 2. The van der Waals surface area contributed by atoms with Gasteiger partial charge in [-0.3, -0.25) is 4.79 Å². The number of nitrogens with one attached hydrogen (secondary N) is 1. The van der Waals surface area contributed by atoms with Crippen LogP contribution in [0, 0.1) is 23.3 Å². The van der Waals surface area contributed by atoms with E-state index in [1.807, 2.05) is 0 Å². The van der Waals surface area contributed by atoms with Crippen LogP contribution in [0.3, 0.4) is 0 Å². The van der Waals surface area contributed by atoms with Crippen molar-refractivity contribution in [3.63, 3.8) is 0 Å². The van der Waals surface area contributed by atoms with Crippen LogP contribution >= 0.6 is 0 Å². The summed E-state index contributed by atoms with van der Waals surface area (Å²) in [6.45, 7) is -4.19. The smallest absolute Gasteiger partial charge is 0.387 e. The summed E-state index contributed by atoms with van der Waals surface area (Å²) in [7, 11) is 0. The second-order valence-electron chi connectivity index (χ2n) is 4.51. The van der Waals surface area contributed by atoms with Crippen LogP contribution in [0.25, 0.3) is 0 Å². The van der Waals surface area contributed by atoms with Crippen molar-refractivity contribution in [2.75, 3.05) is 11.9 Å². The first kappa shape index (κ1) is 18.4. The van der Waals surface area contributed by atoms with Gasteiger partial charge >= 0.3 is 6.61 Å². The number of halogens is 6. The summed E-state index contributed by atoms with van der Waals surface area (Å²) >= 11 is 0. The first-order valence-corrected chi connectivity index (χ1v) is 6.59. The van der Waals surface area contributed by atoms with Crippen LogP contribution < -0.4 is 14.8 Å². The number of hydrogen-bond donors (Lipinski definition) is 1. The molecule has 25 heavy (non-hydrogen) atoms. The third-order valence-corrected chi connectivity index (χ3v) is 2.80. The van der Waals surface area contributed by atoms with Gasteiger partial charge in [0, 0.05) is 6.07 Å². The standard InChI is InChI=1S/C15H9F6NO3/c16-7-5-8(17)13(19)14(12(7)18)24-6-11(23)22-9-3-1-2-4-10(9)25-15(20)21/h1-5,15H,6H2,(H,22,23). The van der Waals surface area contributed by atoms with Crippen molar-refractivity contribution in [2.45, 2.75) is 6.61 Å². The van der Waals surface area contributed by atoms with Crippen molar-refractivity contribution in [3.05, 3.63) is 53.6 Å². The van der Waals surface area contributed by atoms with Crippen molar-refractivity contribution >= 4 is 11.6 Å². The molecule has 4 nitrogen and oxygen atoms in total. The molecule has 1 N–H and O–H groups in total. The molecule has 0 aliphatic rings. The van der Waals surface area contributed by atoms with E-state index in [2.05, 4.69) is 14.8 Å². The van der Waals surface area contributed by atoms with Gasteiger partial charge in [-0.15, -0.1) is 0 Å². The number of anilines is 1. The lowest BCUT2D eigenvalue weighted by atomic mass is 10.3. The van der Waals surface area contributed by atoms with Crippen molar-refractivity contribution in [1.29, 1.82) is 0 Å². The topological polar surface area (TPSA) is 47.6 Å². The van der Waals surface area contributed by atoms with E-state index in [4.69, 9.17) is 0 Å². The van der Waals surface area contributed by atoms with Crippen LogP contribution in [0.5, 0.6) is 11.5 Å². The monoisotopic (exact) mass is 365 g/mol. The predicted molar refractivity (Wildman–Crippen MR) is 73.5 cm³/mol. The van der Waals surface area contributed by atoms with E-state index in [0.29, 0.717) is 0 Å². The zero-order valence-corrected chi connectivity index (χ0v) is 12.2. The van der Waals surface area contributed by atoms with Crippen LogP contribution in [0.4, 0.5) is 32.0 Å². The van der Waals surface area contributed by atoms with Gasteiger partial charge in [0.05, 0.1) is 5.69 Å². The van der Waals surface area contributed by atoms with Crippen LogP contribution in [-0.4, -0.2) is 19.1 Å². The molecule has 0 atom stereocenters. The third kappa shape index (κ3) is 4.55. The van der Waals surface area contributed by atoms with Gasteiger partial charge < -0.3 is 14.8 Å². The maximum atomic E-state index is 13.4. The minimum atomic E-state index is -3.15. The number of para-hydroxylation sites is 2. The summed E-state index contributed by atoms with van der Waals surface area (Å²) in [6.07, 6.45) is 0. The fraction of sp³-hybridized carbons (Fsp3) is 0.133. The minimum absolute atomic E-state index is 0.0183. The Morgan fingerprint density at radius 2 is 1.64 bits per heavy atom. The first-order chi connectivity index (χ1) is 11.8. The molecule has 0 radical (unpaired) electrons. The Balaban J connectivity index is 2.08. The maximum absolute atomic E-state index is 13.4. The molecule has 2 aromatic carbocycles. The SMILES string of the molecule is O=C(COc1c(F)c(F)cc(F)c1F)Nc1ccccc1OC(F)F. The van der Waals surface area contributed by atoms with Gasteiger partial charge in [0.1, 0.15) is 5.75 Å². The molecular formula is C15H9F6NO3. The lowest BCUT2D eigenvalue weighted by molar-refractivity contribution is -0.118. The lowest BCUT2D eigenvalue weighted by Gasteiger charge is -2.12. The van der Waals surface area contributed by atoms with Crippen LogP contribution in [0.15, 0.2) is 30.3 Å². The number of ether oxygens (including phenoxy) is 2. The van der Waals surface area contributed by atoms with Gasteiger partial charge in [0.2, 0.25) is 11.6 Å². The van der Waals surface area contributed by atoms with Gasteiger partial charge in [-0.05, 0) is 12.1 Å². The number of amides is 1. The Morgan fingerprint density at radius 3 is 2.24 bits per heavy atom. The molecule has 10 heteroatoms. The highest BCUT2D eigenvalue weighted by molar-refractivity contribution is 5.93. The van der Waals surface area contributed by atoms with E-state index in [1.54, 1.807) is 0 Å². The summed E-state index contributed by atoms with van der Waals surface area (Å²) < 4.78 is 85.9. The van der Waals surface area contributed by atoms with Gasteiger partial charge in [-0.2, -0.15) is 17.6 Å². The number of carbonyl (C=O) groups excluding carboxylic acids is 1. The van der Waals surface area contributed by atoms with Gasteiger partial charge in [0.15, 0.2) is 24.0 Å². The molecule has 0 unspecified atom stereocenters. The molecule has 134 valence electrons. The Labute approximate surface area is 137 Å². The van der Waals surface area contributed by atoms with E-state index in [0.717, 1.165) is 6.07 Å². The van der Waals surface area contributed by atoms with Crippen LogP contribution in [-0.2, 0) is 4.79 Å². The Bertz CT molecular complexity index is 758. The molecule has 0 saturated carbocycles. The fourth-order valence-corrected chi connectivity index (χ4v) is 1.77. The fourth-order valence-electron chi connectivity index (χ4n) is 1.77. The molecule has 0 fully saturated rings. The molecule has 0 saturated heterocycles. The highest BCUT2D eigenvalue weighted by atomic mass is 19.3. The number of carbonyl (C=O) groups is 1. The highest BCUT2D eigenvalue weighted by Gasteiger charge is 2.21. The molecule has 2 rings (SSSR count). The normalized spacial score (nSPS) is 10.7. The average Bonchev–Trinajstić information content (AvgIpc) is 2.54. The van der Waals surface area contributed by atoms with E-state index < -0.39 is 48.1 Å². The van der Waals surface area contributed by atoms with Crippen molar-refractivity contribution in [2.24, 2.45) is 0 Å². The Morgan fingerprint density at radius 1 is 1.04 bits per heavy atom. The first-order valence-electron chi connectivity index (χ1n) is 6.59. The summed E-state index contributed by atoms with van der Waals surface area (Å²) in [4.78, 5) is 11.7.